The van der Waals surface area contributed by atoms with E-state index in [1.54, 1.807) is 0 Å². The maximum Gasteiger partial charge on any atom is 0.0667 e. The van der Waals surface area contributed by atoms with Crippen LogP contribution < -0.4 is 5.32 Å². The molecule has 2 nitrogen and oxygen atoms in total. The van der Waals surface area contributed by atoms with Gasteiger partial charge in [0, 0.05) is 11.9 Å². The fourth-order valence-electron chi connectivity index (χ4n) is 1.30. The van der Waals surface area contributed by atoms with E-state index >= 15 is 0 Å². The summed E-state index contributed by atoms with van der Waals surface area (Å²) in [5.41, 5.74) is 3.42. The zero-order valence-electron chi connectivity index (χ0n) is 7.62. The molecular weight excluding hydrogens is 160 g/mol. The van der Waals surface area contributed by atoms with Gasteiger partial charge >= 0.3 is 0 Å². The van der Waals surface area contributed by atoms with Crippen molar-refractivity contribution in [1.82, 2.24) is 5.32 Å². The molecule has 0 spiro atoms. The summed E-state index contributed by atoms with van der Waals surface area (Å²) in [6, 6.07) is 10.2. The standard InChI is InChI=1S/C11H12N2/c1-9-7-13-11(8-12-9)10-5-3-2-4-6-10/h2-7,12H,8H2,1H3. The second kappa shape index (κ2) is 3.44. The third-order valence-electron chi connectivity index (χ3n) is 2.06. The van der Waals surface area contributed by atoms with Crippen molar-refractivity contribution in [2.75, 3.05) is 6.54 Å². The average Bonchev–Trinajstić information content (AvgIpc) is 2.20. The van der Waals surface area contributed by atoms with Gasteiger partial charge in [0.25, 0.3) is 0 Å². The fourth-order valence-corrected chi connectivity index (χ4v) is 1.30. The van der Waals surface area contributed by atoms with Crippen molar-refractivity contribution in [3.63, 3.8) is 0 Å². The molecular formula is C11H12N2. The second-order valence-corrected chi connectivity index (χ2v) is 3.11. The van der Waals surface area contributed by atoms with E-state index in [0.29, 0.717) is 0 Å². The predicted octanol–water partition coefficient (Wildman–Crippen LogP) is 1.94. The van der Waals surface area contributed by atoms with Crippen molar-refractivity contribution in [3.8, 4) is 0 Å². The number of hydrogen-bond donors (Lipinski definition) is 1. The van der Waals surface area contributed by atoms with Crippen LogP contribution in [0.2, 0.25) is 0 Å². The minimum absolute atomic E-state index is 0.826. The number of nitrogens with one attached hydrogen (secondary N) is 1. The first-order valence-electron chi connectivity index (χ1n) is 4.39. The zero-order valence-corrected chi connectivity index (χ0v) is 7.62. The molecule has 0 fully saturated rings. The normalized spacial score (nSPS) is 15.8. The molecule has 0 saturated carbocycles. The monoisotopic (exact) mass is 172 g/mol. The Morgan fingerprint density at radius 1 is 1.23 bits per heavy atom. The molecule has 0 atom stereocenters. The van der Waals surface area contributed by atoms with Crippen LogP contribution >= 0.6 is 0 Å². The van der Waals surface area contributed by atoms with E-state index in [9.17, 15) is 0 Å². The lowest BCUT2D eigenvalue weighted by atomic mass is 10.1. The molecule has 1 aliphatic rings. The molecule has 0 aromatic heterocycles. The van der Waals surface area contributed by atoms with Gasteiger partial charge in [-0.15, -0.1) is 0 Å². The maximum absolute atomic E-state index is 4.37. The Labute approximate surface area is 78.0 Å². The van der Waals surface area contributed by atoms with Crippen molar-refractivity contribution in [2.45, 2.75) is 6.92 Å². The van der Waals surface area contributed by atoms with Gasteiger partial charge in [0.15, 0.2) is 0 Å². The molecule has 13 heavy (non-hydrogen) atoms. The Kier molecular flexibility index (Phi) is 2.13. The van der Waals surface area contributed by atoms with Gasteiger partial charge in [-0.25, -0.2) is 0 Å². The molecule has 0 unspecified atom stereocenters. The minimum atomic E-state index is 0.826. The average molecular weight is 172 g/mol. The molecule has 0 saturated heterocycles. The van der Waals surface area contributed by atoms with Crippen LogP contribution in [0, 0.1) is 0 Å². The predicted molar refractivity (Wildman–Crippen MR) is 54.7 cm³/mol. The maximum atomic E-state index is 4.37. The van der Waals surface area contributed by atoms with Crippen molar-refractivity contribution >= 4 is 5.71 Å². The SMILES string of the molecule is CC1=CN=C(c2ccccc2)CN1. The molecule has 2 rings (SSSR count). The third-order valence-corrected chi connectivity index (χ3v) is 2.06. The van der Waals surface area contributed by atoms with Gasteiger partial charge < -0.3 is 5.32 Å². The number of hydrogen-bond acceptors (Lipinski definition) is 2. The smallest absolute Gasteiger partial charge is 0.0667 e. The van der Waals surface area contributed by atoms with Crippen molar-refractivity contribution < 1.29 is 0 Å². The van der Waals surface area contributed by atoms with E-state index in [1.807, 2.05) is 31.3 Å². The van der Waals surface area contributed by atoms with Crippen LogP contribution in [0.5, 0.6) is 0 Å². The first kappa shape index (κ1) is 8.05. The Morgan fingerprint density at radius 3 is 2.62 bits per heavy atom. The zero-order chi connectivity index (χ0) is 9.10. The number of benzene rings is 1. The molecule has 66 valence electrons. The van der Waals surface area contributed by atoms with Gasteiger partial charge in [-0.1, -0.05) is 30.3 Å². The van der Waals surface area contributed by atoms with Gasteiger partial charge in [0.05, 0.1) is 12.3 Å². The number of allylic oxidation sites excluding steroid dienone is 1. The molecule has 0 radical (unpaired) electrons. The molecule has 1 aromatic rings. The number of aliphatic imine (C=N–C) groups is 1. The summed E-state index contributed by atoms with van der Waals surface area (Å²) in [7, 11) is 0. The summed E-state index contributed by atoms with van der Waals surface area (Å²) >= 11 is 0. The van der Waals surface area contributed by atoms with E-state index in [-0.39, 0.29) is 0 Å². The first-order valence-corrected chi connectivity index (χ1v) is 4.39. The molecule has 2 heteroatoms. The Morgan fingerprint density at radius 2 is 2.00 bits per heavy atom. The highest BCUT2D eigenvalue weighted by Crippen LogP contribution is 2.05. The Bertz CT molecular complexity index is 350. The van der Waals surface area contributed by atoms with Gasteiger partial charge in [0.1, 0.15) is 0 Å². The number of nitrogens with zero attached hydrogens (tertiary/aromatic N) is 1. The van der Waals surface area contributed by atoms with Crippen LogP contribution in [0.1, 0.15) is 12.5 Å². The summed E-state index contributed by atoms with van der Waals surface area (Å²) < 4.78 is 0. The quantitative estimate of drug-likeness (QED) is 0.687. The Balaban J connectivity index is 2.29. The molecule has 1 heterocycles. The van der Waals surface area contributed by atoms with Gasteiger partial charge in [-0.3, -0.25) is 4.99 Å². The number of rotatable bonds is 1. The summed E-state index contributed by atoms with van der Waals surface area (Å²) in [6.07, 6.45) is 1.87. The summed E-state index contributed by atoms with van der Waals surface area (Å²) in [6.45, 7) is 2.84. The lowest BCUT2D eigenvalue weighted by Crippen LogP contribution is -2.24. The van der Waals surface area contributed by atoms with Crippen LogP contribution in [-0.4, -0.2) is 12.3 Å². The second-order valence-electron chi connectivity index (χ2n) is 3.11. The molecule has 1 N–H and O–H groups in total. The van der Waals surface area contributed by atoms with E-state index in [1.165, 1.54) is 5.56 Å². The lowest BCUT2D eigenvalue weighted by Gasteiger charge is -2.13. The lowest BCUT2D eigenvalue weighted by molar-refractivity contribution is 0.902. The highest BCUT2D eigenvalue weighted by Gasteiger charge is 2.05. The molecule has 0 amide bonds. The van der Waals surface area contributed by atoms with Crippen molar-refractivity contribution in [3.05, 3.63) is 47.8 Å². The molecule has 0 aliphatic carbocycles. The van der Waals surface area contributed by atoms with E-state index in [4.69, 9.17) is 0 Å². The molecule has 1 aliphatic heterocycles. The van der Waals surface area contributed by atoms with E-state index < -0.39 is 0 Å². The fraction of sp³-hybridized carbons (Fsp3) is 0.182. The van der Waals surface area contributed by atoms with Gasteiger partial charge in [-0.2, -0.15) is 0 Å². The molecule has 0 bridgehead atoms. The third kappa shape index (κ3) is 1.78. The Hall–Kier alpha value is -1.57. The van der Waals surface area contributed by atoms with Crippen molar-refractivity contribution in [2.24, 2.45) is 4.99 Å². The summed E-state index contributed by atoms with van der Waals surface area (Å²) in [5.74, 6) is 0. The van der Waals surface area contributed by atoms with Crippen LogP contribution in [0.25, 0.3) is 0 Å². The van der Waals surface area contributed by atoms with E-state index in [2.05, 4.69) is 22.4 Å². The summed E-state index contributed by atoms with van der Waals surface area (Å²) in [4.78, 5) is 4.37. The largest absolute Gasteiger partial charge is 0.382 e. The minimum Gasteiger partial charge on any atom is -0.382 e. The van der Waals surface area contributed by atoms with Crippen LogP contribution in [0.3, 0.4) is 0 Å². The van der Waals surface area contributed by atoms with Crippen LogP contribution in [0.15, 0.2) is 47.2 Å². The first-order chi connectivity index (χ1) is 6.36. The van der Waals surface area contributed by atoms with Gasteiger partial charge in [-0.05, 0) is 12.5 Å². The highest BCUT2D eigenvalue weighted by molar-refractivity contribution is 6.02. The van der Waals surface area contributed by atoms with Gasteiger partial charge in [0.2, 0.25) is 0 Å². The van der Waals surface area contributed by atoms with Crippen LogP contribution in [0.4, 0.5) is 0 Å². The van der Waals surface area contributed by atoms with Crippen molar-refractivity contribution in [1.29, 1.82) is 0 Å². The highest BCUT2D eigenvalue weighted by atomic mass is 14.9. The van der Waals surface area contributed by atoms with Crippen LogP contribution in [-0.2, 0) is 0 Å². The topological polar surface area (TPSA) is 24.4 Å². The molecule has 1 aromatic carbocycles. The van der Waals surface area contributed by atoms with E-state index in [0.717, 1.165) is 18.0 Å². The summed E-state index contributed by atoms with van der Waals surface area (Å²) in [5, 5.41) is 3.26.